The van der Waals surface area contributed by atoms with Gasteiger partial charge in [0.15, 0.2) is 5.70 Å². The highest BCUT2D eigenvalue weighted by atomic mass is 16.6. The van der Waals surface area contributed by atoms with E-state index in [4.69, 9.17) is 4.74 Å². The molecule has 0 saturated heterocycles. The number of hydrogen-bond donors (Lipinski definition) is 0. The van der Waals surface area contributed by atoms with Crippen molar-refractivity contribution in [2.75, 3.05) is 18.0 Å². The predicted molar refractivity (Wildman–Crippen MR) is 106 cm³/mol. The van der Waals surface area contributed by atoms with Crippen LogP contribution in [-0.2, 0) is 9.53 Å². The number of esters is 1. The molecule has 0 saturated carbocycles. The minimum atomic E-state index is -0.411. The van der Waals surface area contributed by atoms with E-state index in [9.17, 15) is 4.79 Å². The molecule has 0 aromatic heterocycles. The summed E-state index contributed by atoms with van der Waals surface area (Å²) in [6.45, 7) is 6.47. The normalized spacial score (nSPS) is 15.1. The van der Waals surface area contributed by atoms with Gasteiger partial charge in [0.25, 0.3) is 0 Å². The summed E-state index contributed by atoms with van der Waals surface area (Å²) in [4.78, 5) is 18.8. The van der Waals surface area contributed by atoms with Crippen LogP contribution in [0.3, 0.4) is 0 Å². The van der Waals surface area contributed by atoms with Crippen molar-refractivity contribution in [3.63, 3.8) is 0 Å². The van der Waals surface area contributed by atoms with Crippen LogP contribution in [0.2, 0.25) is 0 Å². The van der Waals surface area contributed by atoms with Crippen LogP contribution in [0.25, 0.3) is 6.08 Å². The zero-order valence-corrected chi connectivity index (χ0v) is 15.3. The maximum atomic E-state index is 12.1. The molecule has 4 heteroatoms. The molecular weight excluding hydrogens is 324 g/mol. The Bertz CT molecular complexity index is 802. The molecule has 2 aromatic rings. The standard InChI is InChI=1S/C22H24N2O2/c1-3-14-24(15-4-2)19-12-10-17(11-13-19)16-20-22(25)26-21(23-20)18-8-6-5-7-9-18/h5-13,16H,3-4,14-15H2,1-2H3/b20-16-. The second-order valence-corrected chi connectivity index (χ2v) is 6.28. The Morgan fingerprint density at radius 1 is 0.962 bits per heavy atom. The third-order valence-corrected chi connectivity index (χ3v) is 4.19. The van der Waals surface area contributed by atoms with Gasteiger partial charge in [-0.3, -0.25) is 0 Å². The maximum Gasteiger partial charge on any atom is 0.363 e. The molecule has 0 atom stereocenters. The average Bonchev–Trinajstić information content (AvgIpc) is 3.03. The molecule has 4 nitrogen and oxygen atoms in total. The summed E-state index contributed by atoms with van der Waals surface area (Å²) in [5, 5.41) is 0. The molecule has 2 aromatic carbocycles. The molecule has 26 heavy (non-hydrogen) atoms. The average molecular weight is 348 g/mol. The monoisotopic (exact) mass is 348 g/mol. The molecule has 0 bridgehead atoms. The lowest BCUT2D eigenvalue weighted by Crippen LogP contribution is -2.24. The van der Waals surface area contributed by atoms with E-state index in [0.717, 1.165) is 37.1 Å². The Hall–Kier alpha value is -2.88. The molecule has 0 fully saturated rings. The predicted octanol–water partition coefficient (Wildman–Crippen LogP) is 4.66. The number of anilines is 1. The second kappa shape index (κ2) is 8.48. The first-order valence-corrected chi connectivity index (χ1v) is 9.14. The van der Waals surface area contributed by atoms with Crippen LogP contribution in [0.15, 0.2) is 65.3 Å². The number of carbonyl (C=O) groups excluding carboxylic acids is 1. The van der Waals surface area contributed by atoms with Crippen molar-refractivity contribution in [1.29, 1.82) is 0 Å². The summed E-state index contributed by atoms with van der Waals surface area (Å²) in [5.74, 6) is -0.0536. The largest absolute Gasteiger partial charge is 0.402 e. The number of carbonyl (C=O) groups is 1. The van der Waals surface area contributed by atoms with Gasteiger partial charge >= 0.3 is 5.97 Å². The smallest absolute Gasteiger partial charge is 0.363 e. The first-order valence-electron chi connectivity index (χ1n) is 9.14. The molecule has 0 N–H and O–H groups in total. The summed E-state index contributed by atoms with van der Waals surface area (Å²) < 4.78 is 5.29. The topological polar surface area (TPSA) is 41.9 Å². The van der Waals surface area contributed by atoms with Gasteiger partial charge in [0.1, 0.15) is 0 Å². The number of ether oxygens (including phenoxy) is 1. The van der Waals surface area contributed by atoms with Crippen LogP contribution in [0.5, 0.6) is 0 Å². The van der Waals surface area contributed by atoms with E-state index in [2.05, 4.69) is 35.9 Å². The number of hydrogen-bond acceptors (Lipinski definition) is 4. The number of nitrogens with zero attached hydrogens (tertiary/aromatic N) is 2. The third-order valence-electron chi connectivity index (χ3n) is 4.19. The second-order valence-electron chi connectivity index (χ2n) is 6.28. The van der Waals surface area contributed by atoms with E-state index in [-0.39, 0.29) is 0 Å². The Morgan fingerprint density at radius 2 is 1.62 bits per heavy atom. The van der Waals surface area contributed by atoms with E-state index >= 15 is 0 Å². The van der Waals surface area contributed by atoms with Crippen LogP contribution in [-0.4, -0.2) is 25.0 Å². The molecule has 0 radical (unpaired) electrons. The van der Waals surface area contributed by atoms with E-state index in [1.54, 1.807) is 6.08 Å². The van der Waals surface area contributed by atoms with Gasteiger partial charge in [-0.15, -0.1) is 0 Å². The maximum absolute atomic E-state index is 12.1. The van der Waals surface area contributed by atoms with Crippen molar-refractivity contribution in [2.24, 2.45) is 4.99 Å². The van der Waals surface area contributed by atoms with Gasteiger partial charge < -0.3 is 9.64 Å². The summed E-state index contributed by atoms with van der Waals surface area (Å²) in [6.07, 6.45) is 4.01. The molecule has 1 aliphatic heterocycles. The fraction of sp³-hybridized carbons (Fsp3) is 0.273. The van der Waals surface area contributed by atoms with E-state index in [1.807, 2.05) is 42.5 Å². The van der Waals surface area contributed by atoms with Crippen molar-refractivity contribution in [3.05, 3.63) is 71.4 Å². The molecule has 134 valence electrons. The fourth-order valence-electron chi connectivity index (χ4n) is 2.96. The van der Waals surface area contributed by atoms with Crippen molar-refractivity contribution >= 4 is 23.6 Å². The first kappa shape index (κ1) is 17.9. The third kappa shape index (κ3) is 4.20. The van der Waals surface area contributed by atoms with Crippen LogP contribution >= 0.6 is 0 Å². The molecule has 0 unspecified atom stereocenters. The lowest BCUT2D eigenvalue weighted by molar-refractivity contribution is -0.129. The highest BCUT2D eigenvalue weighted by molar-refractivity contribution is 6.12. The quantitative estimate of drug-likeness (QED) is 0.540. The molecule has 1 aliphatic rings. The zero-order valence-electron chi connectivity index (χ0n) is 15.3. The number of rotatable bonds is 7. The van der Waals surface area contributed by atoms with Crippen LogP contribution in [0.4, 0.5) is 5.69 Å². The van der Waals surface area contributed by atoms with Crippen molar-refractivity contribution in [2.45, 2.75) is 26.7 Å². The molecular formula is C22H24N2O2. The highest BCUT2D eigenvalue weighted by Gasteiger charge is 2.23. The molecule has 3 rings (SSSR count). The first-order chi connectivity index (χ1) is 12.7. The minimum absolute atomic E-state index is 0.329. The Balaban J connectivity index is 1.79. The Morgan fingerprint density at radius 3 is 2.23 bits per heavy atom. The summed E-state index contributed by atoms with van der Waals surface area (Å²) in [6, 6.07) is 17.7. The van der Waals surface area contributed by atoms with E-state index in [1.165, 1.54) is 5.69 Å². The molecule has 1 heterocycles. The number of aliphatic imine (C=N–C) groups is 1. The molecule has 0 spiro atoms. The van der Waals surface area contributed by atoms with Gasteiger partial charge in [-0.25, -0.2) is 9.79 Å². The Kier molecular flexibility index (Phi) is 5.84. The number of benzene rings is 2. The van der Waals surface area contributed by atoms with Gasteiger partial charge in [-0.1, -0.05) is 44.2 Å². The summed E-state index contributed by atoms with van der Waals surface area (Å²) in [5.41, 5.74) is 3.27. The minimum Gasteiger partial charge on any atom is -0.402 e. The van der Waals surface area contributed by atoms with E-state index in [0.29, 0.717) is 11.6 Å². The number of cyclic esters (lactones) is 1. The van der Waals surface area contributed by atoms with Crippen molar-refractivity contribution in [3.8, 4) is 0 Å². The van der Waals surface area contributed by atoms with E-state index < -0.39 is 5.97 Å². The van der Waals surface area contributed by atoms with Crippen molar-refractivity contribution in [1.82, 2.24) is 0 Å². The fourth-order valence-corrected chi connectivity index (χ4v) is 2.96. The SMILES string of the molecule is CCCN(CCC)c1ccc(/C=C2\N=C(c3ccccc3)OC2=O)cc1. The van der Waals surface area contributed by atoms with Gasteiger partial charge in [-0.2, -0.15) is 0 Å². The van der Waals surface area contributed by atoms with Gasteiger partial charge in [0.2, 0.25) is 5.90 Å². The Labute approximate surface area is 154 Å². The molecule has 0 aliphatic carbocycles. The molecule has 0 amide bonds. The van der Waals surface area contributed by atoms with Crippen molar-refractivity contribution < 1.29 is 9.53 Å². The van der Waals surface area contributed by atoms with Gasteiger partial charge in [0, 0.05) is 24.3 Å². The van der Waals surface area contributed by atoms with Gasteiger partial charge in [-0.05, 0) is 48.7 Å². The van der Waals surface area contributed by atoms with Gasteiger partial charge in [0.05, 0.1) is 0 Å². The van der Waals surface area contributed by atoms with Crippen LogP contribution in [0, 0.1) is 0 Å². The summed E-state index contributed by atoms with van der Waals surface area (Å²) in [7, 11) is 0. The summed E-state index contributed by atoms with van der Waals surface area (Å²) >= 11 is 0. The highest BCUT2D eigenvalue weighted by Crippen LogP contribution is 2.21. The lowest BCUT2D eigenvalue weighted by atomic mass is 10.1. The van der Waals surface area contributed by atoms with Crippen LogP contribution < -0.4 is 4.90 Å². The zero-order chi connectivity index (χ0) is 18.4. The lowest BCUT2D eigenvalue weighted by Gasteiger charge is -2.23. The van der Waals surface area contributed by atoms with Crippen LogP contribution in [0.1, 0.15) is 37.8 Å².